The van der Waals surface area contributed by atoms with E-state index in [2.05, 4.69) is 4.98 Å². The number of fused-ring (bicyclic) bond motifs is 1. The van der Waals surface area contributed by atoms with E-state index < -0.39 is 17.8 Å². The number of carboxylic acids is 1. The molecule has 0 radical (unpaired) electrons. The van der Waals surface area contributed by atoms with E-state index in [-0.39, 0.29) is 12.3 Å². The smallest absolute Gasteiger partial charge is 0.417 e. The molecule has 0 bridgehead atoms. The highest BCUT2D eigenvalue weighted by Gasteiger charge is 2.16. The number of H-pyrrole nitrogens is 1. The molecule has 6 heteroatoms. The van der Waals surface area contributed by atoms with Gasteiger partial charge < -0.3 is 14.6 Å². The van der Waals surface area contributed by atoms with E-state index in [1.54, 1.807) is 25.1 Å². The van der Waals surface area contributed by atoms with Gasteiger partial charge >= 0.3 is 11.7 Å². The number of aromatic amines is 1. The second-order valence-corrected chi connectivity index (χ2v) is 4.72. The summed E-state index contributed by atoms with van der Waals surface area (Å²) in [5.41, 5.74) is 1.56. The highest BCUT2D eigenvalue weighted by molar-refractivity contribution is 5.72. The van der Waals surface area contributed by atoms with Crippen molar-refractivity contribution >= 4 is 17.1 Å². The fraction of sp³-hybridized carbons (Fsp3) is 0.385. The topological polar surface area (TPSA) is 104 Å². The standard InChI is InChI=1S/C13H15NO5/c1-7(5-12(16)17)4-10(15)8-2-3-9-11(6-8)19-13(18)14-9/h2-3,6-7,10,15H,4-5H2,1H3,(H,14,18)(H,16,17). The van der Waals surface area contributed by atoms with Crippen LogP contribution in [0.15, 0.2) is 27.4 Å². The van der Waals surface area contributed by atoms with Gasteiger partial charge in [-0.25, -0.2) is 4.79 Å². The predicted octanol–water partition coefficient (Wildman–Crippen LogP) is 1.66. The third-order valence-electron chi connectivity index (χ3n) is 2.98. The van der Waals surface area contributed by atoms with E-state index in [9.17, 15) is 14.7 Å². The molecule has 1 heterocycles. The monoisotopic (exact) mass is 265 g/mol. The molecule has 0 saturated heterocycles. The van der Waals surface area contributed by atoms with Crippen molar-refractivity contribution in [1.82, 2.24) is 4.98 Å². The van der Waals surface area contributed by atoms with Crippen LogP contribution in [0.25, 0.3) is 11.1 Å². The first-order chi connectivity index (χ1) is 8.95. The molecule has 1 aromatic carbocycles. The molecule has 2 rings (SSSR count). The summed E-state index contributed by atoms with van der Waals surface area (Å²) >= 11 is 0. The van der Waals surface area contributed by atoms with Gasteiger partial charge in [-0.1, -0.05) is 13.0 Å². The van der Waals surface area contributed by atoms with E-state index in [1.807, 2.05) is 0 Å². The summed E-state index contributed by atoms with van der Waals surface area (Å²) in [6.45, 7) is 1.77. The normalized spacial score (nSPS) is 14.4. The van der Waals surface area contributed by atoms with Crippen molar-refractivity contribution in [2.24, 2.45) is 5.92 Å². The van der Waals surface area contributed by atoms with Crippen molar-refractivity contribution in [2.45, 2.75) is 25.9 Å². The molecule has 0 amide bonds. The Morgan fingerprint density at radius 3 is 2.89 bits per heavy atom. The first-order valence-electron chi connectivity index (χ1n) is 5.98. The lowest BCUT2D eigenvalue weighted by Gasteiger charge is -2.15. The number of benzene rings is 1. The van der Waals surface area contributed by atoms with Crippen molar-refractivity contribution in [3.8, 4) is 0 Å². The largest absolute Gasteiger partial charge is 0.481 e. The second-order valence-electron chi connectivity index (χ2n) is 4.72. The number of hydrogen-bond donors (Lipinski definition) is 3. The van der Waals surface area contributed by atoms with Gasteiger partial charge in [0.2, 0.25) is 0 Å². The van der Waals surface area contributed by atoms with Crippen LogP contribution in [0.4, 0.5) is 0 Å². The molecule has 0 aliphatic heterocycles. The predicted molar refractivity (Wildman–Crippen MR) is 67.8 cm³/mol. The fourth-order valence-electron chi connectivity index (χ4n) is 2.07. The molecule has 2 aromatic rings. The number of oxazole rings is 1. The van der Waals surface area contributed by atoms with Crippen LogP contribution in [-0.2, 0) is 4.79 Å². The third kappa shape index (κ3) is 3.23. The highest BCUT2D eigenvalue weighted by Crippen LogP contribution is 2.25. The summed E-state index contributed by atoms with van der Waals surface area (Å²) in [7, 11) is 0. The maximum atomic E-state index is 11.0. The van der Waals surface area contributed by atoms with Crippen LogP contribution in [0.2, 0.25) is 0 Å². The van der Waals surface area contributed by atoms with Gasteiger partial charge in [-0.3, -0.25) is 9.78 Å². The number of hydrogen-bond acceptors (Lipinski definition) is 4. The SMILES string of the molecule is CC(CC(=O)O)CC(O)c1ccc2[nH]c(=O)oc2c1. The Bertz CT molecular complexity index is 642. The van der Waals surface area contributed by atoms with E-state index in [4.69, 9.17) is 9.52 Å². The Kier molecular flexibility index (Phi) is 3.71. The van der Waals surface area contributed by atoms with Crippen molar-refractivity contribution < 1.29 is 19.4 Å². The van der Waals surface area contributed by atoms with Gasteiger partial charge in [-0.15, -0.1) is 0 Å². The average Bonchev–Trinajstić information content (AvgIpc) is 2.66. The first kappa shape index (κ1) is 13.4. The molecule has 2 unspecified atom stereocenters. The molecule has 0 aliphatic rings. The molecule has 1 aromatic heterocycles. The number of carboxylic acid groups (broad SMARTS) is 1. The van der Waals surface area contributed by atoms with Crippen molar-refractivity contribution in [3.05, 3.63) is 34.3 Å². The maximum absolute atomic E-state index is 11.0. The maximum Gasteiger partial charge on any atom is 0.417 e. The van der Waals surface area contributed by atoms with E-state index >= 15 is 0 Å². The summed E-state index contributed by atoms with van der Waals surface area (Å²) in [6, 6.07) is 4.93. The van der Waals surface area contributed by atoms with Gasteiger partial charge in [0.05, 0.1) is 11.6 Å². The number of aliphatic hydroxyl groups excluding tert-OH is 1. The molecule has 0 fully saturated rings. The number of aromatic nitrogens is 1. The van der Waals surface area contributed by atoms with Crippen LogP contribution >= 0.6 is 0 Å². The van der Waals surface area contributed by atoms with Crippen molar-refractivity contribution in [1.29, 1.82) is 0 Å². The van der Waals surface area contributed by atoms with Gasteiger partial charge in [0.1, 0.15) is 0 Å². The summed E-state index contributed by atoms with van der Waals surface area (Å²) in [6.07, 6.45) is -0.427. The van der Waals surface area contributed by atoms with Crippen LogP contribution in [0.3, 0.4) is 0 Å². The molecule has 0 aliphatic carbocycles. The quantitative estimate of drug-likeness (QED) is 0.762. The van der Waals surface area contributed by atoms with E-state index in [0.29, 0.717) is 23.1 Å². The van der Waals surface area contributed by atoms with E-state index in [0.717, 1.165) is 0 Å². The molecular weight excluding hydrogens is 250 g/mol. The molecule has 19 heavy (non-hydrogen) atoms. The van der Waals surface area contributed by atoms with E-state index in [1.165, 1.54) is 0 Å². The zero-order valence-corrected chi connectivity index (χ0v) is 10.4. The summed E-state index contributed by atoms with van der Waals surface area (Å²) < 4.78 is 4.91. The number of carbonyl (C=O) groups is 1. The molecule has 0 saturated carbocycles. The van der Waals surface area contributed by atoms with Crippen LogP contribution in [-0.4, -0.2) is 21.2 Å². The Labute approximate surface area is 108 Å². The van der Waals surface area contributed by atoms with Crippen LogP contribution in [0.5, 0.6) is 0 Å². The molecular formula is C13H15NO5. The summed E-state index contributed by atoms with van der Waals surface area (Å²) in [4.78, 5) is 24.1. The second kappa shape index (κ2) is 5.27. The Morgan fingerprint density at radius 1 is 1.47 bits per heavy atom. The lowest BCUT2D eigenvalue weighted by atomic mass is 9.96. The highest BCUT2D eigenvalue weighted by atomic mass is 16.4. The Morgan fingerprint density at radius 2 is 2.21 bits per heavy atom. The number of nitrogens with one attached hydrogen (secondary N) is 1. The Balaban J connectivity index is 2.14. The summed E-state index contributed by atoms with van der Waals surface area (Å²) in [5, 5.41) is 18.7. The minimum absolute atomic E-state index is 0.0124. The lowest BCUT2D eigenvalue weighted by molar-refractivity contribution is -0.138. The van der Waals surface area contributed by atoms with Gasteiger partial charge in [0.25, 0.3) is 0 Å². The van der Waals surface area contributed by atoms with Gasteiger partial charge in [0, 0.05) is 6.42 Å². The van der Waals surface area contributed by atoms with Gasteiger partial charge in [0.15, 0.2) is 5.58 Å². The summed E-state index contributed by atoms with van der Waals surface area (Å²) in [5.74, 6) is -1.56. The molecule has 0 spiro atoms. The molecule has 2 atom stereocenters. The van der Waals surface area contributed by atoms with Crippen molar-refractivity contribution in [3.63, 3.8) is 0 Å². The minimum atomic E-state index is -0.883. The van der Waals surface area contributed by atoms with Gasteiger partial charge in [-0.05, 0) is 30.0 Å². The Hall–Kier alpha value is -2.08. The number of aliphatic carboxylic acids is 1. The first-order valence-corrected chi connectivity index (χ1v) is 5.98. The van der Waals surface area contributed by atoms with Crippen molar-refractivity contribution in [2.75, 3.05) is 0 Å². The van der Waals surface area contributed by atoms with Crippen LogP contribution in [0.1, 0.15) is 31.4 Å². The molecule has 102 valence electrons. The zero-order chi connectivity index (χ0) is 14.0. The molecule has 3 N–H and O–H groups in total. The van der Waals surface area contributed by atoms with Crippen LogP contribution in [0, 0.1) is 5.92 Å². The fourth-order valence-corrected chi connectivity index (χ4v) is 2.07. The van der Waals surface area contributed by atoms with Gasteiger partial charge in [-0.2, -0.15) is 0 Å². The van der Waals surface area contributed by atoms with Crippen LogP contribution < -0.4 is 5.76 Å². The third-order valence-corrected chi connectivity index (χ3v) is 2.98. The minimum Gasteiger partial charge on any atom is -0.481 e. The number of rotatable bonds is 5. The zero-order valence-electron chi connectivity index (χ0n) is 10.4. The average molecular weight is 265 g/mol. The number of aliphatic hydroxyl groups is 1. The lowest BCUT2D eigenvalue weighted by Crippen LogP contribution is -2.09. The molecule has 6 nitrogen and oxygen atoms in total.